The Morgan fingerprint density at radius 2 is 1.80 bits per heavy atom. The van der Waals surface area contributed by atoms with E-state index in [4.69, 9.17) is 18.4 Å². The van der Waals surface area contributed by atoms with Crippen LogP contribution in [0.3, 0.4) is 0 Å². The van der Waals surface area contributed by atoms with Crippen molar-refractivity contribution in [2.75, 3.05) is 26.4 Å². The fourth-order valence-corrected chi connectivity index (χ4v) is 5.47. The number of carbonyl (C=O) groups is 1. The minimum atomic E-state index is -0.369. The van der Waals surface area contributed by atoms with Crippen LogP contribution in [0.5, 0.6) is 5.75 Å². The Kier molecular flexibility index (Phi) is 7.32. The summed E-state index contributed by atoms with van der Waals surface area (Å²) in [5.74, 6) is 1.17. The van der Waals surface area contributed by atoms with Crippen LogP contribution in [0, 0.1) is 26.6 Å². The number of halogens is 1. The van der Waals surface area contributed by atoms with Gasteiger partial charge in [0.2, 0.25) is 0 Å². The Bertz CT molecular complexity index is 1720. The molecule has 0 saturated heterocycles. The van der Waals surface area contributed by atoms with Gasteiger partial charge in [0.1, 0.15) is 29.5 Å². The maximum atomic E-state index is 13.9. The molecule has 3 aromatic carbocycles. The van der Waals surface area contributed by atoms with E-state index in [1.807, 2.05) is 38.1 Å². The number of fused-ring (bicyclic) bond motifs is 4. The van der Waals surface area contributed by atoms with Crippen molar-refractivity contribution in [3.8, 4) is 16.9 Å². The molecule has 3 heterocycles. The molecule has 0 radical (unpaired) electrons. The van der Waals surface area contributed by atoms with E-state index in [0.29, 0.717) is 55.9 Å². The van der Waals surface area contributed by atoms with Gasteiger partial charge in [0, 0.05) is 36.0 Å². The molecule has 6 rings (SSSR count). The van der Waals surface area contributed by atoms with Gasteiger partial charge < -0.3 is 23.3 Å². The quantitative estimate of drug-likeness (QED) is 0.239. The van der Waals surface area contributed by atoms with E-state index in [9.17, 15) is 9.18 Å². The van der Waals surface area contributed by atoms with Crippen molar-refractivity contribution in [2.24, 2.45) is 0 Å². The number of rotatable bonds is 2. The summed E-state index contributed by atoms with van der Waals surface area (Å²) in [5.41, 5.74) is 7.08. The predicted octanol–water partition coefficient (Wildman–Crippen LogP) is 6.79. The highest BCUT2D eigenvalue weighted by Gasteiger charge is 2.24. The maximum absolute atomic E-state index is 13.9. The fraction of sp³-hybridized carbons (Fsp3) is 0.273. The molecule has 0 saturated carbocycles. The second-order valence-electron chi connectivity index (χ2n) is 10.4. The molecule has 2 bridgehead atoms. The molecule has 0 spiro atoms. The molecule has 7 nitrogen and oxygen atoms in total. The number of benzene rings is 3. The minimum Gasteiger partial charge on any atom is -0.491 e. The normalized spacial score (nSPS) is 14.4. The van der Waals surface area contributed by atoms with Gasteiger partial charge in [0.25, 0.3) is 5.91 Å². The molecule has 1 aliphatic heterocycles. The van der Waals surface area contributed by atoms with Gasteiger partial charge in [-0.3, -0.25) is 4.79 Å². The first kappa shape index (κ1) is 26.8. The molecule has 0 fully saturated rings. The van der Waals surface area contributed by atoms with Crippen LogP contribution in [0.15, 0.2) is 69.6 Å². The molecule has 8 heteroatoms. The van der Waals surface area contributed by atoms with Crippen LogP contribution in [0.4, 0.5) is 4.39 Å². The lowest BCUT2D eigenvalue weighted by Crippen LogP contribution is -2.34. The Morgan fingerprint density at radius 3 is 2.63 bits per heavy atom. The molecule has 0 unspecified atom stereocenters. The third-order valence-electron chi connectivity index (χ3n) is 7.51. The van der Waals surface area contributed by atoms with E-state index in [2.05, 4.69) is 23.4 Å². The van der Waals surface area contributed by atoms with Crippen LogP contribution in [-0.4, -0.2) is 42.3 Å². The number of furan rings is 1. The molecular weight excluding hydrogens is 523 g/mol. The summed E-state index contributed by atoms with van der Waals surface area (Å²) in [6, 6.07) is 18.6. The molecule has 41 heavy (non-hydrogen) atoms. The number of amides is 1. The van der Waals surface area contributed by atoms with E-state index < -0.39 is 0 Å². The summed E-state index contributed by atoms with van der Waals surface area (Å²) >= 11 is 0. The third-order valence-corrected chi connectivity index (χ3v) is 7.51. The van der Waals surface area contributed by atoms with E-state index in [1.54, 1.807) is 17.9 Å². The first-order valence-corrected chi connectivity index (χ1v) is 13.7. The topological polar surface area (TPSA) is 77.9 Å². The third kappa shape index (κ3) is 5.47. The van der Waals surface area contributed by atoms with Gasteiger partial charge in [-0.05, 0) is 73.4 Å². The van der Waals surface area contributed by atoms with Crippen molar-refractivity contribution < 1.29 is 27.6 Å². The standard InChI is InChI=1S/C33H31FN2O5/c1-20-28-18-27(34)8-10-30(28)40-32(20)33(37)36-11-12-38-13-14-39-29-9-7-25(31-21(2)35-41-22(31)3)17-26(29)16-23-5-4-6-24(15-23)19-36/h4-10,15,17-18H,11-14,16,19H2,1-3H3. The number of nitrogens with zero attached hydrogens (tertiary/aromatic N) is 2. The predicted molar refractivity (Wildman–Crippen MR) is 153 cm³/mol. The Hall–Kier alpha value is -4.43. The molecule has 1 amide bonds. The van der Waals surface area contributed by atoms with Crippen molar-refractivity contribution in [1.29, 1.82) is 0 Å². The average molecular weight is 555 g/mol. The minimum absolute atomic E-state index is 0.215. The largest absolute Gasteiger partial charge is 0.491 e. The van der Waals surface area contributed by atoms with Gasteiger partial charge in [0.15, 0.2) is 5.76 Å². The molecule has 210 valence electrons. The summed E-state index contributed by atoms with van der Waals surface area (Å²) in [7, 11) is 0. The second-order valence-corrected chi connectivity index (χ2v) is 10.4. The number of aryl methyl sites for hydroxylation is 3. The molecule has 0 atom stereocenters. The highest BCUT2D eigenvalue weighted by atomic mass is 19.1. The van der Waals surface area contributed by atoms with Gasteiger partial charge in [-0.25, -0.2) is 4.39 Å². The summed E-state index contributed by atoms with van der Waals surface area (Å²) < 4.78 is 37.2. The van der Waals surface area contributed by atoms with E-state index >= 15 is 0 Å². The molecule has 0 N–H and O–H groups in total. The number of ether oxygens (including phenoxy) is 2. The monoisotopic (exact) mass is 554 g/mol. The number of carbonyl (C=O) groups excluding carboxylic acids is 1. The first-order valence-electron chi connectivity index (χ1n) is 13.7. The lowest BCUT2D eigenvalue weighted by molar-refractivity contribution is 0.0548. The second kappa shape index (κ2) is 11.2. The zero-order valence-corrected chi connectivity index (χ0v) is 23.3. The van der Waals surface area contributed by atoms with Crippen molar-refractivity contribution in [3.05, 3.63) is 106 Å². The van der Waals surface area contributed by atoms with Crippen molar-refractivity contribution in [2.45, 2.75) is 33.7 Å². The van der Waals surface area contributed by atoms with Gasteiger partial charge in [-0.15, -0.1) is 0 Å². The fourth-order valence-electron chi connectivity index (χ4n) is 5.47. The summed E-state index contributed by atoms with van der Waals surface area (Å²) in [4.78, 5) is 15.4. The van der Waals surface area contributed by atoms with Crippen molar-refractivity contribution in [3.63, 3.8) is 0 Å². The maximum Gasteiger partial charge on any atom is 0.290 e. The Balaban J connectivity index is 1.32. The molecule has 2 aromatic heterocycles. The van der Waals surface area contributed by atoms with Crippen LogP contribution < -0.4 is 4.74 Å². The summed E-state index contributed by atoms with van der Waals surface area (Å²) in [6.45, 7) is 7.46. The summed E-state index contributed by atoms with van der Waals surface area (Å²) in [6.07, 6.45) is 0.642. The summed E-state index contributed by atoms with van der Waals surface area (Å²) in [5, 5.41) is 4.71. The zero-order chi connectivity index (χ0) is 28.5. The van der Waals surface area contributed by atoms with Crippen LogP contribution >= 0.6 is 0 Å². The molecule has 1 aliphatic rings. The highest BCUT2D eigenvalue weighted by molar-refractivity contribution is 5.99. The van der Waals surface area contributed by atoms with Crippen LogP contribution in [0.2, 0.25) is 0 Å². The molecule has 0 aliphatic carbocycles. The van der Waals surface area contributed by atoms with E-state index in [-0.39, 0.29) is 17.5 Å². The Labute approximate surface area is 237 Å². The van der Waals surface area contributed by atoms with E-state index in [1.165, 1.54) is 12.1 Å². The smallest absolute Gasteiger partial charge is 0.290 e. The van der Waals surface area contributed by atoms with Crippen LogP contribution in [0.25, 0.3) is 22.1 Å². The molecule has 5 aromatic rings. The Morgan fingerprint density at radius 1 is 0.951 bits per heavy atom. The average Bonchev–Trinajstić information content (AvgIpc) is 3.47. The SMILES string of the molecule is Cc1noc(C)c1-c1ccc2c(c1)Cc1cccc(c1)CN(C(=O)c1oc3ccc(F)cc3c1C)CCOCCO2. The van der Waals surface area contributed by atoms with Crippen LogP contribution in [0.1, 0.15) is 44.3 Å². The van der Waals surface area contributed by atoms with Gasteiger partial charge in [0.05, 0.1) is 18.9 Å². The lowest BCUT2D eigenvalue weighted by atomic mass is 9.96. The zero-order valence-electron chi connectivity index (χ0n) is 23.3. The van der Waals surface area contributed by atoms with Crippen molar-refractivity contribution in [1.82, 2.24) is 10.1 Å². The highest BCUT2D eigenvalue weighted by Crippen LogP contribution is 2.33. The van der Waals surface area contributed by atoms with E-state index in [0.717, 1.165) is 45.0 Å². The lowest BCUT2D eigenvalue weighted by Gasteiger charge is -2.23. The number of hydrogen-bond donors (Lipinski definition) is 0. The van der Waals surface area contributed by atoms with Gasteiger partial charge in [-0.1, -0.05) is 35.5 Å². The van der Waals surface area contributed by atoms with Gasteiger partial charge >= 0.3 is 0 Å². The van der Waals surface area contributed by atoms with Gasteiger partial charge in [-0.2, -0.15) is 0 Å². The van der Waals surface area contributed by atoms with Crippen molar-refractivity contribution >= 4 is 16.9 Å². The number of hydrogen-bond acceptors (Lipinski definition) is 6. The first-order chi connectivity index (χ1) is 19.9. The molecular formula is C33H31FN2O5. The number of aromatic nitrogens is 1. The van der Waals surface area contributed by atoms with Crippen LogP contribution in [-0.2, 0) is 17.7 Å².